The van der Waals surface area contributed by atoms with Crippen LogP contribution in [0.2, 0.25) is 5.02 Å². The molecule has 0 bridgehead atoms. The number of amides is 2. The Balaban J connectivity index is 1.38. The molecular formula is C29H36ClN3O6. The predicted octanol–water partition coefficient (Wildman–Crippen LogP) is 3.65. The van der Waals surface area contributed by atoms with Crippen LogP contribution in [0, 0.1) is 26.7 Å². The number of fused-ring (bicyclic) bond motifs is 2. The summed E-state index contributed by atoms with van der Waals surface area (Å²) in [7, 11) is 0. The third kappa shape index (κ3) is 4.69. The number of rotatable bonds is 5. The lowest BCUT2D eigenvalue weighted by atomic mass is 9.89. The van der Waals surface area contributed by atoms with E-state index in [1.165, 1.54) is 0 Å². The van der Waals surface area contributed by atoms with Crippen molar-refractivity contribution in [2.75, 3.05) is 19.6 Å². The van der Waals surface area contributed by atoms with Gasteiger partial charge in [-0.25, -0.2) is 0 Å². The van der Waals surface area contributed by atoms with Gasteiger partial charge in [0.1, 0.15) is 6.10 Å². The number of aromatic amines is 1. The fourth-order valence-corrected chi connectivity index (χ4v) is 6.44. The summed E-state index contributed by atoms with van der Waals surface area (Å²) in [6.07, 6.45) is 1.26. The minimum Gasteiger partial charge on any atom is -0.448 e. The molecule has 0 spiro atoms. The molecule has 5 rings (SSSR count). The van der Waals surface area contributed by atoms with Crippen LogP contribution in [-0.4, -0.2) is 63.2 Å². The van der Waals surface area contributed by atoms with Crippen LogP contribution in [0.25, 0.3) is 0 Å². The van der Waals surface area contributed by atoms with Gasteiger partial charge in [-0.15, -0.1) is 0 Å². The number of halogens is 1. The van der Waals surface area contributed by atoms with Crippen LogP contribution in [0.1, 0.15) is 71.4 Å². The SMILES string of the molecule is CCC(O)C(=O)N1CCC(C2(C)Oc3c(C)c4c(c(Cl)c3O2)CCN(Cc2c(C)cc(C)[nH]c2=O)C4=O)CC1. The molecular weight excluding hydrogens is 522 g/mol. The molecule has 3 aliphatic heterocycles. The minimum absolute atomic E-state index is 0.0105. The number of pyridine rings is 1. The highest BCUT2D eigenvalue weighted by Gasteiger charge is 2.49. The first-order chi connectivity index (χ1) is 18.4. The third-order valence-electron chi connectivity index (χ3n) is 8.49. The van der Waals surface area contributed by atoms with E-state index in [0.29, 0.717) is 78.5 Å². The van der Waals surface area contributed by atoms with Crippen molar-refractivity contribution in [2.24, 2.45) is 5.92 Å². The van der Waals surface area contributed by atoms with Crippen LogP contribution in [0.4, 0.5) is 0 Å². The number of nitrogens with zero attached hydrogens (tertiary/aromatic N) is 2. The number of likely N-dealkylation sites (tertiary alicyclic amines) is 1. The van der Waals surface area contributed by atoms with Crippen molar-refractivity contribution in [3.8, 4) is 11.5 Å². The number of H-pyrrole nitrogens is 1. The van der Waals surface area contributed by atoms with Crippen LogP contribution < -0.4 is 15.0 Å². The summed E-state index contributed by atoms with van der Waals surface area (Å²) in [5.41, 5.74) is 3.95. The second-order valence-corrected chi connectivity index (χ2v) is 11.5. The average Bonchev–Trinajstić information content (AvgIpc) is 3.28. The molecule has 3 aliphatic rings. The number of carbonyl (C=O) groups excluding carboxylic acids is 2. The molecule has 2 aromatic rings. The van der Waals surface area contributed by atoms with Crippen LogP contribution in [-0.2, 0) is 17.8 Å². The lowest BCUT2D eigenvalue weighted by Crippen LogP contribution is -2.51. The lowest BCUT2D eigenvalue weighted by molar-refractivity contribution is -0.149. The van der Waals surface area contributed by atoms with Gasteiger partial charge in [-0.05, 0) is 63.6 Å². The molecule has 0 aliphatic carbocycles. The summed E-state index contributed by atoms with van der Waals surface area (Å²) in [6.45, 7) is 10.9. The van der Waals surface area contributed by atoms with E-state index in [1.54, 1.807) is 16.7 Å². The first-order valence-electron chi connectivity index (χ1n) is 13.6. The lowest BCUT2D eigenvalue weighted by Gasteiger charge is -2.39. The highest BCUT2D eigenvalue weighted by atomic mass is 35.5. The Labute approximate surface area is 233 Å². The number of piperidine rings is 1. The van der Waals surface area contributed by atoms with Crippen molar-refractivity contribution in [1.29, 1.82) is 0 Å². The number of nitrogens with one attached hydrogen (secondary N) is 1. The normalized spacial score (nSPS) is 21.8. The van der Waals surface area contributed by atoms with Gasteiger partial charge in [0, 0.05) is 49.3 Å². The second kappa shape index (κ2) is 10.2. The molecule has 0 radical (unpaired) electrons. The largest absolute Gasteiger partial charge is 0.448 e. The van der Waals surface area contributed by atoms with Crippen molar-refractivity contribution in [3.63, 3.8) is 0 Å². The molecule has 2 amide bonds. The number of aryl methyl sites for hydroxylation is 2. The number of ether oxygens (including phenoxy) is 2. The Morgan fingerprint density at radius 3 is 2.49 bits per heavy atom. The standard InChI is InChI=1S/C29H36ClN3O6/c1-6-21(34)27(36)32-10-7-18(8-11-32)29(5)38-24-17(4)22-19(23(30)25(24)39-29)9-12-33(28(22)37)14-20-15(2)13-16(3)31-26(20)35/h13,18,21,34H,6-12,14H2,1-5H3,(H,31,35). The molecule has 210 valence electrons. The number of aliphatic hydroxyl groups excluding tert-OH is 1. The van der Waals surface area contributed by atoms with Crippen LogP contribution in [0.15, 0.2) is 10.9 Å². The van der Waals surface area contributed by atoms with Crippen LogP contribution in [0.3, 0.4) is 0 Å². The maximum absolute atomic E-state index is 13.7. The summed E-state index contributed by atoms with van der Waals surface area (Å²) < 4.78 is 12.8. The Hall–Kier alpha value is -3.04. The predicted molar refractivity (Wildman–Crippen MR) is 146 cm³/mol. The van der Waals surface area contributed by atoms with Crippen molar-refractivity contribution < 1.29 is 24.2 Å². The number of carbonyl (C=O) groups is 2. The molecule has 1 aromatic carbocycles. The Bertz CT molecular complexity index is 1400. The van der Waals surface area contributed by atoms with Crippen molar-refractivity contribution in [1.82, 2.24) is 14.8 Å². The van der Waals surface area contributed by atoms with E-state index in [1.807, 2.05) is 33.8 Å². The quantitative estimate of drug-likeness (QED) is 0.580. The summed E-state index contributed by atoms with van der Waals surface area (Å²) in [4.78, 5) is 45.0. The van der Waals surface area contributed by atoms with E-state index in [0.717, 1.165) is 16.8 Å². The summed E-state index contributed by atoms with van der Waals surface area (Å²) in [5, 5.41) is 10.3. The highest BCUT2D eigenvalue weighted by molar-refractivity contribution is 6.34. The van der Waals surface area contributed by atoms with Gasteiger partial charge in [-0.1, -0.05) is 18.5 Å². The molecule has 4 heterocycles. The number of aromatic nitrogens is 1. The number of hydrogen-bond acceptors (Lipinski definition) is 6. The molecule has 2 N–H and O–H groups in total. The summed E-state index contributed by atoms with van der Waals surface area (Å²) in [6, 6.07) is 1.91. The van der Waals surface area contributed by atoms with E-state index < -0.39 is 11.9 Å². The van der Waals surface area contributed by atoms with Gasteiger partial charge in [0.15, 0.2) is 11.5 Å². The van der Waals surface area contributed by atoms with E-state index in [-0.39, 0.29) is 29.8 Å². The van der Waals surface area contributed by atoms with E-state index in [2.05, 4.69) is 4.98 Å². The monoisotopic (exact) mass is 557 g/mol. The van der Waals surface area contributed by atoms with Gasteiger partial charge in [-0.2, -0.15) is 0 Å². The van der Waals surface area contributed by atoms with Crippen LogP contribution >= 0.6 is 11.6 Å². The second-order valence-electron chi connectivity index (χ2n) is 11.1. The Morgan fingerprint density at radius 2 is 1.85 bits per heavy atom. The topological polar surface area (TPSA) is 112 Å². The van der Waals surface area contributed by atoms with Crippen molar-refractivity contribution in [3.05, 3.63) is 55.0 Å². The molecule has 39 heavy (non-hydrogen) atoms. The third-order valence-corrected chi connectivity index (χ3v) is 8.89. The number of hydrogen-bond donors (Lipinski definition) is 2. The van der Waals surface area contributed by atoms with Gasteiger partial charge >= 0.3 is 0 Å². The van der Waals surface area contributed by atoms with Gasteiger partial charge < -0.3 is 29.4 Å². The van der Waals surface area contributed by atoms with Crippen molar-refractivity contribution >= 4 is 23.4 Å². The molecule has 1 aromatic heterocycles. The Kier molecular flexibility index (Phi) is 7.18. The zero-order valence-electron chi connectivity index (χ0n) is 23.1. The zero-order chi connectivity index (χ0) is 28.2. The fraction of sp³-hybridized carbons (Fsp3) is 0.552. The van der Waals surface area contributed by atoms with E-state index in [4.69, 9.17) is 21.1 Å². The molecule has 9 nitrogen and oxygen atoms in total. The maximum Gasteiger partial charge on any atom is 0.254 e. The molecule has 2 atom stereocenters. The smallest absolute Gasteiger partial charge is 0.254 e. The number of benzene rings is 1. The first-order valence-corrected chi connectivity index (χ1v) is 14.0. The van der Waals surface area contributed by atoms with Crippen LogP contribution in [0.5, 0.6) is 11.5 Å². The van der Waals surface area contributed by atoms with Gasteiger partial charge in [0.25, 0.3) is 23.2 Å². The van der Waals surface area contributed by atoms with Crippen molar-refractivity contribution in [2.45, 2.75) is 78.7 Å². The molecule has 10 heteroatoms. The maximum atomic E-state index is 13.7. The average molecular weight is 558 g/mol. The fourth-order valence-electron chi connectivity index (χ4n) is 6.12. The molecule has 1 saturated heterocycles. The molecule has 0 saturated carbocycles. The van der Waals surface area contributed by atoms with Gasteiger partial charge in [0.2, 0.25) is 0 Å². The molecule has 2 unspecified atom stereocenters. The van der Waals surface area contributed by atoms with Gasteiger partial charge in [0.05, 0.1) is 17.1 Å². The zero-order valence-corrected chi connectivity index (χ0v) is 23.9. The summed E-state index contributed by atoms with van der Waals surface area (Å²) >= 11 is 6.86. The minimum atomic E-state index is -0.992. The number of aliphatic hydroxyl groups is 1. The Morgan fingerprint density at radius 1 is 1.18 bits per heavy atom. The highest BCUT2D eigenvalue weighted by Crippen LogP contribution is 2.53. The summed E-state index contributed by atoms with van der Waals surface area (Å²) in [5.74, 6) is -0.493. The van der Waals surface area contributed by atoms with Gasteiger partial charge in [-0.3, -0.25) is 14.4 Å². The van der Waals surface area contributed by atoms with E-state index in [9.17, 15) is 19.5 Å². The molecule has 1 fully saturated rings. The van der Waals surface area contributed by atoms with E-state index >= 15 is 0 Å². The first kappa shape index (κ1) is 27.5.